The second-order valence-corrected chi connectivity index (χ2v) is 8.54. The Kier molecular flexibility index (Phi) is 7.08. The largest absolute Gasteiger partial charge is 0.744 e. The lowest BCUT2D eigenvalue weighted by atomic mass is 10.2. The zero-order valence-electron chi connectivity index (χ0n) is 15.0. The van der Waals surface area contributed by atoms with Crippen LogP contribution in [0.25, 0.3) is 0 Å². The van der Waals surface area contributed by atoms with E-state index in [2.05, 4.69) is 4.74 Å². The predicted molar refractivity (Wildman–Crippen MR) is 98.8 cm³/mol. The lowest BCUT2D eigenvalue weighted by Gasteiger charge is -2.15. The number of halogens is 5. The third-order valence-electron chi connectivity index (χ3n) is 3.47. The van der Waals surface area contributed by atoms with E-state index in [0.717, 1.165) is 6.07 Å². The Morgan fingerprint density at radius 2 is 1.53 bits per heavy atom. The van der Waals surface area contributed by atoms with Gasteiger partial charge in [-0.3, -0.25) is 4.79 Å². The van der Waals surface area contributed by atoms with E-state index in [9.17, 15) is 40.1 Å². The number of esters is 2. The summed E-state index contributed by atoms with van der Waals surface area (Å²) in [7, 11) is -5.92. The lowest BCUT2D eigenvalue weighted by molar-refractivity contribution is -0.137. The Bertz CT molecular complexity index is 1120. The minimum Gasteiger partial charge on any atom is -0.744 e. The van der Waals surface area contributed by atoms with Crippen LogP contribution in [-0.4, -0.2) is 24.9 Å². The average Bonchev–Trinajstić information content (AvgIpc) is 2.62. The standard InChI is InChI=1S/C17H11F4IO7S/c1-6(2)16(23)28-9-5-7(22)3-4-8(9)17(24)29-14-10(18)12(20)15(30(25,26)27)13(21)11(14)19/h3-6H,1-2H3,(H,25,26,27)/p-1. The maximum absolute atomic E-state index is 14.0. The van der Waals surface area contributed by atoms with Gasteiger partial charge in [0.05, 0.1) is 5.92 Å². The first-order valence-electron chi connectivity index (χ1n) is 7.81. The van der Waals surface area contributed by atoms with Crippen LogP contribution >= 0.6 is 22.6 Å². The van der Waals surface area contributed by atoms with Gasteiger partial charge in [0.2, 0.25) is 17.4 Å². The number of ether oxygens (including phenoxy) is 2. The van der Waals surface area contributed by atoms with Gasteiger partial charge in [-0.25, -0.2) is 22.0 Å². The molecule has 2 aromatic rings. The highest BCUT2D eigenvalue weighted by Crippen LogP contribution is 2.33. The molecule has 0 aliphatic heterocycles. The molecule has 2 aromatic carbocycles. The summed E-state index contributed by atoms with van der Waals surface area (Å²) in [4.78, 5) is 21.7. The average molecular weight is 561 g/mol. The van der Waals surface area contributed by atoms with E-state index < -0.39 is 67.5 Å². The van der Waals surface area contributed by atoms with E-state index in [4.69, 9.17) is 4.74 Å². The molecule has 0 saturated carbocycles. The fourth-order valence-corrected chi connectivity index (χ4v) is 3.10. The first-order valence-corrected chi connectivity index (χ1v) is 10.3. The molecule has 0 amide bonds. The van der Waals surface area contributed by atoms with Crippen molar-refractivity contribution in [2.75, 3.05) is 0 Å². The van der Waals surface area contributed by atoms with E-state index in [0.29, 0.717) is 3.57 Å². The third-order valence-corrected chi connectivity index (χ3v) is 5.00. The molecule has 0 heterocycles. The first kappa shape index (κ1) is 24.0. The van der Waals surface area contributed by atoms with Gasteiger partial charge >= 0.3 is 11.9 Å². The van der Waals surface area contributed by atoms with E-state index in [1.54, 1.807) is 0 Å². The van der Waals surface area contributed by atoms with Crippen LogP contribution in [0.4, 0.5) is 17.6 Å². The Morgan fingerprint density at radius 3 is 2.00 bits per heavy atom. The number of rotatable bonds is 5. The van der Waals surface area contributed by atoms with Crippen molar-refractivity contribution in [3.63, 3.8) is 0 Å². The van der Waals surface area contributed by atoms with Crippen LogP contribution in [0.5, 0.6) is 11.5 Å². The number of benzene rings is 2. The van der Waals surface area contributed by atoms with Gasteiger partial charge in [-0.2, -0.15) is 8.78 Å². The Labute approximate surface area is 180 Å². The second kappa shape index (κ2) is 8.85. The van der Waals surface area contributed by atoms with Gasteiger partial charge in [-0.15, -0.1) is 0 Å². The fraction of sp³-hybridized carbons (Fsp3) is 0.176. The molecule has 13 heteroatoms. The van der Waals surface area contributed by atoms with Crippen LogP contribution in [0.2, 0.25) is 0 Å². The van der Waals surface area contributed by atoms with Crippen molar-refractivity contribution in [1.82, 2.24) is 0 Å². The monoisotopic (exact) mass is 561 g/mol. The van der Waals surface area contributed by atoms with Gasteiger partial charge in [-0.1, -0.05) is 13.8 Å². The highest BCUT2D eigenvalue weighted by molar-refractivity contribution is 14.1. The SMILES string of the molecule is CC(C)C(=O)Oc1cc(I)ccc1C(=O)Oc1c(F)c(F)c(S(=O)(=O)[O-])c(F)c1F. The summed E-state index contributed by atoms with van der Waals surface area (Å²) in [6, 6.07) is 3.62. The Balaban J connectivity index is 2.53. The van der Waals surface area contributed by atoms with Crippen molar-refractivity contribution in [3.8, 4) is 11.5 Å². The molecule has 0 fully saturated rings. The summed E-state index contributed by atoms with van der Waals surface area (Å²) in [6.45, 7) is 2.99. The summed E-state index contributed by atoms with van der Waals surface area (Å²) in [5, 5.41) is 0. The zero-order valence-corrected chi connectivity index (χ0v) is 17.9. The van der Waals surface area contributed by atoms with Crippen LogP contribution in [0.1, 0.15) is 24.2 Å². The predicted octanol–water partition coefficient (Wildman–Crippen LogP) is 3.53. The number of carbonyl (C=O) groups is 2. The van der Waals surface area contributed by atoms with E-state index >= 15 is 0 Å². The molecule has 0 saturated heterocycles. The molecule has 0 spiro atoms. The highest BCUT2D eigenvalue weighted by Gasteiger charge is 2.32. The smallest absolute Gasteiger partial charge is 0.347 e. The maximum Gasteiger partial charge on any atom is 0.347 e. The van der Waals surface area contributed by atoms with Crippen LogP contribution in [-0.2, 0) is 14.9 Å². The van der Waals surface area contributed by atoms with Gasteiger partial charge in [0, 0.05) is 3.57 Å². The molecule has 0 atom stereocenters. The summed E-state index contributed by atoms with van der Waals surface area (Å²) in [6.07, 6.45) is 0. The summed E-state index contributed by atoms with van der Waals surface area (Å²) in [5.41, 5.74) is -0.524. The van der Waals surface area contributed by atoms with Crippen molar-refractivity contribution >= 4 is 44.6 Å². The van der Waals surface area contributed by atoms with E-state index in [1.807, 2.05) is 22.6 Å². The molecule has 2 rings (SSSR count). The lowest BCUT2D eigenvalue weighted by Crippen LogP contribution is -2.19. The quantitative estimate of drug-likeness (QED) is 0.137. The molecule has 0 aromatic heterocycles. The van der Waals surface area contributed by atoms with E-state index in [-0.39, 0.29) is 5.75 Å². The minimum atomic E-state index is -5.92. The van der Waals surface area contributed by atoms with Crippen molar-refractivity contribution in [3.05, 3.63) is 50.6 Å². The zero-order chi connectivity index (χ0) is 23.0. The molecule has 162 valence electrons. The molecule has 0 unspecified atom stereocenters. The maximum atomic E-state index is 14.0. The number of hydrogen-bond acceptors (Lipinski definition) is 7. The van der Waals surface area contributed by atoms with Crippen molar-refractivity contribution < 1.29 is 49.6 Å². The fourth-order valence-electron chi connectivity index (χ4n) is 2.02. The van der Waals surface area contributed by atoms with E-state index in [1.165, 1.54) is 26.0 Å². The van der Waals surface area contributed by atoms with Crippen LogP contribution in [0.3, 0.4) is 0 Å². The molecule has 0 N–H and O–H groups in total. The molecule has 0 aliphatic carbocycles. The van der Waals surface area contributed by atoms with Gasteiger partial charge in [-0.05, 0) is 40.8 Å². The number of carbonyl (C=O) groups excluding carboxylic acids is 2. The molecule has 0 radical (unpaired) electrons. The summed E-state index contributed by atoms with van der Waals surface area (Å²) < 4.78 is 98.1. The first-order chi connectivity index (χ1) is 13.8. The van der Waals surface area contributed by atoms with Gasteiger partial charge in [0.15, 0.2) is 11.6 Å². The summed E-state index contributed by atoms with van der Waals surface area (Å²) >= 11 is 1.81. The van der Waals surface area contributed by atoms with Crippen LogP contribution < -0.4 is 9.47 Å². The topological polar surface area (TPSA) is 110 Å². The minimum absolute atomic E-state index is 0.355. The Hall–Kier alpha value is -2.26. The van der Waals surface area contributed by atoms with Crippen LogP contribution in [0, 0.1) is 32.8 Å². The molecule has 7 nitrogen and oxygen atoms in total. The summed E-state index contributed by atoms with van der Waals surface area (Å²) in [5.74, 6) is -15.1. The molecular formula is C17H10F4IO7S-. The number of hydrogen-bond donors (Lipinski definition) is 0. The van der Waals surface area contributed by atoms with Gasteiger partial charge in [0.1, 0.15) is 26.3 Å². The normalized spacial score (nSPS) is 11.5. The van der Waals surface area contributed by atoms with Crippen molar-refractivity contribution in [2.45, 2.75) is 18.7 Å². The second-order valence-electron chi connectivity index (χ2n) is 5.97. The molecule has 0 aliphatic rings. The molecule has 0 bridgehead atoms. The molecule has 30 heavy (non-hydrogen) atoms. The van der Waals surface area contributed by atoms with Crippen molar-refractivity contribution in [2.24, 2.45) is 5.92 Å². The molecular weight excluding hydrogens is 551 g/mol. The highest BCUT2D eigenvalue weighted by atomic mass is 127. The van der Waals surface area contributed by atoms with Gasteiger partial charge in [0.25, 0.3) is 0 Å². The van der Waals surface area contributed by atoms with Crippen molar-refractivity contribution in [1.29, 1.82) is 0 Å². The third kappa shape index (κ3) is 4.89. The Morgan fingerprint density at radius 1 is 1.00 bits per heavy atom. The van der Waals surface area contributed by atoms with Gasteiger partial charge < -0.3 is 14.0 Å². The van der Waals surface area contributed by atoms with Crippen LogP contribution in [0.15, 0.2) is 23.1 Å².